The topological polar surface area (TPSA) is 26.0 Å². The normalized spacial score (nSPS) is 34.7. The van der Waals surface area contributed by atoms with Crippen LogP contribution in [0.1, 0.15) is 76.2 Å². The quantitative estimate of drug-likeness (QED) is 0.711. The van der Waals surface area contributed by atoms with Gasteiger partial charge in [-0.2, -0.15) is 0 Å². The van der Waals surface area contributed by atoms with Gasteiger partial charge in [-0.25, -0.2) is 4.39 Å². The summed E-state index contributed by atoms with van der Waals surface area (Å²) in [5.74, 6) is 1.67. The second-order valence-electron chi connectivity index (χ2n) is 8.03. The van der Waals surface area contributed by atoms with Crippen LogP contribution in [-0.4, -0.2) is 5.54 Å². The lowest BCUT2D eigenvalue weighted by atomic mass is 9.75. The summed E-state index contributed by atoms with van der Waals surface area (Å²) >= 11 is 6.15. The van der Waals surface area contributed by atoms with Crippen molar-refractivity contribution in [2.45, 2.75) is 76.2 Å². The third-order valence-corrected chi connectivity index (χ3v) is 6.79. The minimum absolute atomic E-state index is 0.0618. The van der Waals surface area contributed by atoms with E-state index in [2.05, 4.69) is 6.92 Å². The van der Waals surface area contributed by atoms with Crippen LogP contribution in [0.25, 0.3) is 0 Å². The van der Waals surface area contributed by atoms with E-state index in [4.69, 9.17) is 17.3 Å². The van der Waals surface area contributed by atoms with Crippen LogP contribution >= 0.6 is 11.6 Å². The summed E-state index contributed by atoms with van der Waals surface area (Å²) in [6.45, 7) is 2.23. The van der Waals surface area contributed by atoms with Crippen molar-refractivity contribution in [1.29, 1.82) is 0 Å². The van der Waals surface area contributed by atoms with E-state index in [-0.39, 0.29) is 11.4 Å². The van der Waals surface area contributed by atoms with Crippen molar-refractivity contribution in [2.24, 2.45) is 17.6 Å². The van der Waals surface area contributed by atoms with E-state index in [9.17, 15) is 4.39 Å². The van der Waals surface area contributed by atoms with Crippen molar-refractivity contribution < 1.29 is 4.39 Å². The predicted molar refractivity (Wildman–Crippen MR) is 95.3 cm³/mol. The molecule has 2 aliphatic rings. The molecule has 1 nitrogen and oxygen atoms in total. The van der Waals surface area contributed by atoms with Gasteiger partial charge in [0.15, 0.2) is 0 Å². The molecule has 0 bridgehead atoms. The Morgan fingerprint density at radius 3 is 2.57 bits per heavy atom. The van der Waals surface area contributed by atoms with Gasteiger partial charge in [-0.15, -0.1) is 0 Å². The first kappa shape index (κ1) is 17.2. The molecule has 1 aromatic carbocycles. The summed E-state index contributed by atoms with van der Waals surface area (Å²) in [5.41, 5.74) is 7.49. The largest absolute Gasteiger partial charge is 0.325 e. The first-order valence-electron chi connectivity index (χ1n) is 9.20. The van der Waals surface area contributed by atoms with Crippen molar-refractivity contribution >= 4 is 11.6 Å². The summed E-state index contributed by atoms with van der Waals surface area (Å²) in [6.07, 6.45) is 11.1. The fraction of sp³-hybridized carbons (Fsp3) is 0.700. The van der Waals surface area contributed by atoms with E-state index in [1.807, 2.05) is 6.07 Å². The number of rotatable bonds is 4. The third-order valence-electron chi connectivity index (χ3n) is 6.39. The number of benzene rings is 1. The molecule has 2 aliphatic carbocycles. The van der Waals surface area contributed by atoms with E-state index in [1.165, 1.54) is 51.0 Å². The summed E-state index contributed by atoms with van der Waals surface area (Å²) in [6, 6.07) is 5.22. The van der Waals surface area contributed by atoms with Crippen LogP contribution in [0.15, 0.2) is 18.2 Å². The lowest BCUT2D eigenvalue weighted by molar-refractivity contribution is 0.255. The first-order chi connectivity index (χ1) is 11.0. The molecule has 0 spiro atoms. The van der Waals surface area contributed by atoms with Crippen molar-refractivity contribution in [3.63, 3.8) is 0 Å². The SMILES string of the molecule is CC1(N)CCCC1CCC1CCC(c2cccc(F)c2Cl)CC1. The van der Waals surface area contributed by atoms with Gasteiger partial charge >= 0.3 is 0 Å². The second kappa shape index (κ2) is 7.11. The van der Waals surface area contributed by atoms with Crippen LogP contribution in [0.2, 0.25) is 5.02 Å². The smallest absolute Gasteiger partial charge is 0.142 e. The monoisotopic (exact) mass is 337 g/mol. The molecule has 0 saturated heterocycles. The van der Waals surface area contributed by atoms with Crippen molar-refractivity contribution in [2.75, 3.05) is 0 Å². The molecular formula is C20H29ClFN. The number of hydrogen-bond acceptors (Lipinski definition) is 1. The average molecular weight is 338 g/mol. The Kier molecular flexibility index (Phi) is 5.32. The summed E-state index contributed by atoms with van der Waals surface area (Å²) < 4.78 is 13.6. The first-order valence-corrected chi connectivity index (χ1v) is 9.58. The molecule has 0 heterocycles. The van der Waals surface area contributed by atoms with Crippen LogP contribution in [-0.2, 0) is 0 Å². The number of nitrogens with two attached hydrogens (primary N) is 1. The zero-order chi connectivity index (χ0) is 16.4. The summed E-state index contributed by atoms with van der Waals surface area (Å²) in [4.78, 5) is 0. The molecule has 2 fully saturated rings. The molecule has 3 heteroatoms. The highest BCUT2D eigenvalue weighted by atomic mass is 35.5. The molecule has 3 rings (SSSR count). The molecule has 0 amide bonds. The van der Waals surface area contributed by atoms with Gasteiger partial charge in [-0.1, -0.05) is 36.6 Å². The molecule has 2 unspecified atom stereocenters. The standard InChI is InChI=1S/C20H29ClFN/c1-20(23)13-3-4-16(20)12-9-14-7-10-15(11-8-14)17-5-2-6-18(22)19(17)21/h2,5-6,14-16H,3-4,7-13,23H2,1H3. The fourth-order valence-electron chi connectivity index (χ4n) is 4.77. The Hall–Kier alpha value is -0.600. The van der Waals surface area contributed by atoms with Gasteiger partial charge in [0.25, 0.3) is 0 Å². The van der Waals surface area contributed by atoms with Crippen molar-refractivity contribution in [1.82, 2.24) is 0 Å². The molecule has 0 aromatic heterocycles. The van der Waals surface area contributed by atoms with Gasteiger partial charge in [0.05, 0.1) is 5.02 Å². The Labute approximate surface area is 144 Å². The average Bonchev–Trinajstić information content (AvgIpc) is 2.87. The van der Waals surface area contributed by atoms with Gasteiger partial charge in [0.1, 0.15) is 5.82 Å². The second-order valence-corrected chi connectivity index (χ2v) is 8.41. The predicted octanol–water partition coefficient (Wildman–Crippen LogP) is 6.05. The molecule has 2 saturated carbocycles. The fourth-order valence-corrected chi connectivity index (χ4v) is 5.05. The molecule has 2 atom stereocenters. The highest BCUT2D eigenvalue weighted by Gasteiger charge is 2.35. The molecule has 0 radical (unpaired) electrons. The highest BCUT2D eigenvalue weighted by molar-refractivity contribution is 6.31. The molecule has 2 N–H and O–H groups in total. The van der Waals surface area contributed by atoms with Crippen molar-refractivity contribution in [3.05, 3.63) is 34.6 Å². The molecule has 128 valence electrons. The Morgan fingerprint density at radius 2 is 1.91 bits per heavy atom. The third kappa shape index (κ3) is 3.91. The zero-order valence-corrected chi connectivity index (χ0v) is 14.9. The van der Waals surface area contributed by atoms with Crippen molar-refractivity contribution in [3.8, 4) is 0 Å². The Morgan fingerprint density at radius 1 is 1.17 bits per heavy atom. The van der Waals surface area contributed by atoms with Gasteiger partial charge in [0, 0.05) is 5.54 Å². The van der Waals surface area contributed by atoms with Gasteiger partial charge < -0.3 is 5.73 Å². The summed E-state index contributed by atoms with van der Waals surface area (Å²) in [5, 5.41) is 0.334. The van der Waals surface area contributed by atoms with Gasteiger partial charge in [-0.05, 0) is 81.3 Å². The zero-order valence-electron chi connectivity index (χ0n) is 14.2. The maximum atomic E-state index is 13.6. The van der Waals surface area contributed by atoms with Crippen LogP contribution in [0.5, 0.6) is 0 Å². The van der Waals surface area contributed by atoms with E-state index in [0.29, 0.717) is 16.9 Å². The van der Waals surface area contributed by atoms with Gasteiger partial charge in [0.2, 0.25) is 0 Å². The van der Waals surface area contributed by atoms with Crippen LogP contribution in [0.3, 0.4) is 0 Å². The number of hydrogen-bond donors (Lipinski definition) is 1. The molecular weight excluding hydrogens is 309 g/mol. The minimum atomic E-state index is -0.283. The highest BCUT2D eigenvalue weighted by Crippen LogP contribution is 2.42. The van der Waals surface area contributed by atoms with E-state index in [1.54, 1.807) is 6.07 Å². The minimum Gasteiger partial charge on any atom is -0.325 e. The van der Waals surface area contributed by atoms with Crippen LogP contribution < -0.4 is 5.73 Å². The van der Waals surface area contributed by atoms with Crippen LogP contribution in [0, 0.1) is 17.7 Å². The Balaban J connectivity index is 1.50. The lowest BCUT2D eigenvalue weighted by Gasteiger charge is -2.32. The molecule has 0 aliphatic heterocycles. The Bertz CT molecular complexity index is 534. The lowest BCUT2D eigenvalue weighted by Crippen LogP contribution is -2.39. The molecule has 23 heavy (non-hydrogen) atoms. The van der Waals surface area contributed by atoms with E-state index < -0.39 is 0 Å². The van der Waals surface area contributed by atoms with Crippen LogP contribution in [0.4, 0.5) is 4.39 Å². The molecule has 1 aromatic rings. The maximum absolute atomic E-state index is 13.6. The van der Waals surface area contributed by atoms with E-state index >= 15 is 0 Å². The van der Waals surface area contributed by atoms with E-state index in [0.717, 1.165) is 24.3 Å². The maximum Gasteiger partial charge on any atom is 0.142 e. The summed E-state index contributed by atoms with van der Waals surface area (Å²) in [7, 11) is 0. The van der Waals surface area contributed by atoms with Gasteiger partial charge in [-0.3, -0.25) is 0 Å². The number of halogens is 2.